The van der Waals surface area contributed by atoms with Gasteiger partial charge in [-0.05, 0) is 31.4 Å². The smallest absolute Gasteiger partial charge is 0.0743 e. The second kappa shape index (κ2) is 5.19. The van der Waals surface area contributed by atoms with Crippen LogP contribution in [0, 0.1) is 0 Å². The zero-order valence-corrected chi connectivity index (χ0v) is 10.8. The molecule has 1 saturated carbocycles. The van der Waals surface area contributed by atoms with Gasteiger partial charge < -0.3 is 15.3 Å². The first-order chi connectivity index (χ1) is 8.86. The summed E-state index contributed by atoms with van der Waals surface area (Å²) in [5, 5.41) is 13.8. The van der Waals surface area contributed by atoms with E-state index in [4.69, 9.17) is 0 Å². The van der Waals surface area contributed by atoms with Crippen molar-refractivity contribution in [3.63, 3.8) is 0 Å². The minimum absolute atomic E-state index is 0.162. The summed E-state index contributed by atoms with van der Waals surface area (Å²) in [5.41, 5.74) is 2.48. The maximum Gasteiger partial charge on any atom is 0.0743 e. The van der Waals surface area contributed by atoms with Gasteiger partial charge in [-0.25, -0.2) is 0 Å². The van der Waals surface area contributed by atoms with Crippen molar-refractivity contribution in [3.8, 4) is 0 Å². The zero-order chi connectivity index (χ0) is 12.4. The van der Waals surface area contributed by atoms with Gasteiger partial charge in [-0.15, -0.1) is 0 Å². The average Bonchev–Trinajstić information content (AvgIpc) is 2.62. The summed E-state index contributed by atoms with van der Waals surface area (Å²) in [4.78, 5) is 2.43. The summed E-state index contributed by atoms with van der Waals surface area (Å²) >= 11 is 0. The van der Waals surface area contributed by atoms with Crippen molar-refractivity contribution >= 4 is 11.4 Å². The number of nitrogens with one attached hydrogen (secondary N) is 1. The lowest BCUT2D eigenvalue weighted by Gasteiger charge is -2.39. The monoisotopic (exact) mass is 246 g/mol. The molecule has 0 saturated heterocycles. The molecule has 1 aliphatic carbocycles. The third-order valence-corrected chi connectivity index (χ3v) is 4.20. The molecule has 98 valence electrons. The number of para-hydroxylation sites is 2. The van der Waals surface area contributed by atoms with Gasteiger partial charge in [-0.2, -0.15) is 0 Å². The number of hydrogen-bond donors (Lipinski definition) is 2. The Bertz CT molecular complexity index is 407. The van der Waals surface area contributed by atoms with Gasteiger partial charge in [0.2, 0.25) is 0 Å². The van der Waals surface area contributed by atoms with E-state index >= 15 is 0 Å². The van der Waals surface area contributed by atoms with Crippen LogP contribution >= 0.6 is 0 Å². The molecule has 18 heavy (non-hydrogen) atoms. The molecule has 2 atom stereocenters. The van der Waals surface area contributed by atoms with E-state index in [0.717, 1.165) is 32.4 Å². The molecule has 2 N–H and O–H groups in total. The van der Waals surface area contributed by atoms with Crippen molar-refractivity contribution in [1.82, 2.24) is 0 Å². The summed E-state index contributed by atoms with van der Waals surface area (Å²) in [6.07, 6.45) is 5.47. The molecular weight excluding hydrogens is 224 g/mol. The first kappa shape index (κ1) is 11.8. The average molecular weight is 246 g/mol. The summed E-state index contributed by atoms with van der Waals surface area (Å²) < 4.78 is 0. The van der Waals surface area contributed by atoms with Crippen molar-refractivity contribution in [3.05, 3.63) is 24.3 Å². The predicted molar refractivity (Wildman–Crippen MR) is 75.2 cm³/mol. The van der Waals surface area contributed by atoms with Crippen LogP contribution < -0.4 is 10.2 Å². The Balaban J connectivity index is 1.91. The van der Waals surface area contributed by atoms with Gasteiger partial charge in [0, 0.05) is 13.1 Å². The van der Waals surface area contributed by atoms with E-state index in [1.807, 2.05) is 0 Å². The van der Waals surface area contributed by atoms with Crippen LogP contribution in [0.25, 0.3) is 0 Å². The molecule has 3 nitrogen and oxygen atoms in total. The highest BCUT2D eigenvalue weighted by Gasteiger charge is 2.30. The Morgan fingerprint density at radius 3 is 2.83 bits per heavy atom. The molecule has 0 amide bonds. The molecule has 0 spiro atoms. The molecule has 3 rings (SSSR count). The van der Waals surface area contributed by atoms with Gasteiger partial charge in [0.05, 0.1) is 23.5 Å². The van der Waals surface area contributed by atoms with Gasteiger partial charge in [-0.3, -0.25) is 0 Å². The number of benzene rings is 1. The third kappa shape index (κ3) is 2.19. The third-order valence-electron chi connectivity index (χ3n) is 4.20. The fourth-order valence-corrected chi connectivity index (χ4v) is 3.27. The number of nitrogens with zero attached hydrogens (tertiary/aromatic N) is 1. The van der Waals surface area contributed by atoms with Crippen LogP contribution in [0.3, 0.4) is 0 Å². The van der Waals surface area contributed by atoms with Crippen LogP contribution in [-0.4, -0.2) is 30.3 Å². The second-order valence-corrected chi connectivity index (χ2v) is 5.41. The lowest BCUT2D eigenvalue weighted by molar-refractivity contribution is 0.104. The fourth-order valence-electron chi connectivity index (χ4n) is 3.27. The highest BCUT2D eigenvalue weighted by atomic mass is 16.3. The second-order valence-electron chi connectivity index (χ2n) is 5.41. The molecule has 1 heterocycles. The predicted octanol–water partition coefficient (Wildman–Crippen LogP) is 2.61. The van der Waals surface area contributed by atoms with Gasteiger partial charge in [-0.1, -0.05) is 25.0 Å². The van der Waals surface area contributed by atoms with Gasteiger partial charge in [0.25, 0.3) is 0 Å². The van der Waals surface area contributed by atoms with Crippen molar-refractivity contribution in [2.24, 2.45) is 0 Å². The van der Waals surface area contributed by atoms with Gasteiger partial charge in [0.15, 0.2) is 0 Å². The number of rotatable bonds is 1. The number of fused-ring (bicyclic) bond motifs is 1. The van der Waals surface area contributed by atoms with E-state index < -0.39 is 0 Å². The van der Waals surface area contributed by atoms with E-state index in [9.17, 15) is 5.11 Å². The Morgan fingerprint density at radius 1 is 1.11 bits per heavy atom. The van der Waals surface area contributed by atoms with E-state index in [1.54, 1.807) is 0 Å². The number of aliphatic hydroxyl groups is 1. The Labute approximate surface area is 109 Å². The van der Waals surface area contributed by atoms with Crippen molar-refractivity contribution in [1.29, 1.82) is 0 Å². The normalized spacial score (nSPS) is 28.2. The van der Waals surface area contributed by atoms with Crippen LogP contribution in [0.4, 0.5) is 11.4 Å². The molecular formula is C15H22N2O. The lowest BCUT2D eigenvalue weighted by atomic mass is 9.91. The molecule has 1 aromatic rings. The van der Waals surface area contributed by atoms with Crippen LogP contribution in [0.1, 0.15) is 32.1 Å². The van der Waals surface area contributed by atoms with E-state index in [2.05, 4.69) is 34.5 Å². The molecule has 0 radical (unpaired) electrons. The summed E-state index contributed by atoms with van der Waals surface area (Å²) in [7, 11) is 0. The minimum Gasteiger partial charge on any atom is -0.391 e. The van der Waals surface area contributed by atoms with Gasteiger partial charge in [0.1, 0.15) is 0 Å². The SMILES string of the molecule is OC1CCCCC1N1CCCNc2ccccc21. The van der Waals surface area contributed by atoms with Crippen LogP contribution in [0.15, 0.2) is 24.3 Å². The van der Waals surface area contributed by atoms with E-state index in [-0.39, 0.29) is 6.10 Å². The topological polar surface area (TPSA) is 35.5 Å². The van der Waals surface area contributed by atoms with Crippen LogP contribution in [0.5, 0.6) is 0 Å². The maximum absolute atomic E-state index is 10.3. The van der Waals surface area contributed by atoms with Crippen LogP contribution in [0.2, 0.25) is 0 Å². The number of aliphatic hydroxyl groups excluding tert-OH is 1. The largest absolute Gasteiger partial charge is 0.391 e. The summed E-state index contributed by atoms with van der Waals surface area (Å²) in [6, 6.07) is 8.79. The standard InChI is InChI=1S/C15H22N2O/c18-15-9-4-3-8-14(15)17-11-5-10-16-12-6-1-2-7-13(12)17/h1-2,6-7,14-16,18H,3-5,8-11H2. The van der Waals surface area contributed by atoms with Crippen LogP contribution in [-0.2, 0) is 0 Å². The highest BCUT2D eigenvalue weighted by molar-refractivity contribution is 5.71. The van der Waals surface area contributed by atoms with Crippen molar-refractivity contribution in [2.75, 3.05) is 23.3 Å². The molecule has 2 aliphatic rings. The Hall–Kier alpha value is -1.22. The maximum atomic E-state index is 10.3. The first-order valence-corrected chi connectivity index (χ1v) is 7.14. The number of hydrogen-bond acceptors (Lipinski definition) is 3. The fraction of sp³-hybridized carbons (Fsp3) is 0.600. The molecule has 0 bridgehead atoms. The van der Waals surface area contributed by atoms with E-state index in [0.29, 0.717) is 6.04 Å². The summed E-state index contributed by atoms with van der Waals surface area (Å²) in [6.45, 7) is 2.07. The minimum atomic E-state index is -0.162. The van der Waals surface area contributed by atoms with Crippen molar-refractivity contribution in [2.45, 2.75) is 44.2 Å². The first-order valence-electron chi connectivity index (χ1n) is 7.14. The molecule has 2 unspecified atom stereocenters. The quantitative estimate of drug-likeness (QED) is 0.799. The molecule has 0 aromatic heterocycles. The number of anilines is 2. The molecule has 1 fully saturated rings. The van der Waals surface area contributed by atoms with Gasteiger partial charge >= 0.3 is 0 Å². The highest BCUT2D eigenvalue weighted by Crippen LogP contribution is 2.34. The Morgan fingerprint density at radius 2 is 1.94 bits per heavy atom. The molecule has 3 heteroatoms. The Kier molecular flexibility index (Phi) is 3.41. The lowest BCUT2D eigenvalue weighted by Crippen LogP contribution is -2.46. The molecule has 1 aliphatic heterocycles. The molecule has 1 aromatic carbocycles. The summed E-state index contributed by atoms with van der Waals surface area (Å²) in [5.74, 6) is 0. The van der Waals surface area contributed by atoms with Crippen molar-refractivity contribution < 1.29 is 5.11 Å². The van der Waals surface area contributed by atoms with E-state index in [1.165, 1.54) is 24.2 Å². The zero-order valence-electron chi connectivity index (χ0n) is 10.8.